The summed E-state index contributed by atoms with van der Waals surface area (Å²) in [4.78, 5) is 1.45. The summed E-state index contributed by atoms with van der Waals surface area (Å²) in [5, 5.41) is 6.74. The Labute approximate surface area is 142 Å². The van der Waals surface area contributed by atoms with Gasteiger partial charge in [-0.15, -0.1) is 11.3 Å². The van der Waals surface area contributed by atoms with E-state index in [-0.39, 0.29) is 0 Å². The highest BCUT2D eigenvalue weighted by molar-refractivity contribution is 14.1. The van der Waals surface area contributed by atoms with Crippen LogP contribution in [0.4, 0.5) is 5.69 Å². The molecule has 1 atom stereocenters. The van der Waals surface area contributed by atoms with Crippen LogP contribution in [0.25, 0.3) is 0 Å². The molecule has 1 aliphatic carbocycles. The van der Waals surface area contributed by atoms with E-state index >= 15 is 0 Å². The van der Waals surface area contributed by atoms with Crippen molar-refractivity contribution in [1.82, 2.24) is 0 Å². The Morgan fingerprint density at radius 1 is 1.25 bits per heavy atom. The molecule has 1 N–H and O–H groups in total. The predicted molar refractivity (Wildman–Crippen MR) is 96.8 cm³/mol. The minimum absolute atomic E-state index is 0.437. The molecule has 1 aliphatic rings. The summed E-state index contributed by atoms with van der Waals surface area (Å²) in [6.45, 7) is 0. The molecule has 4 heteroatoms. The standard InChI is InChI=1S/C16H17ClINS/c17-12-7-8-14(13(18)10-12)19-16(11-4-1-2-5-11)15-6-3-9-20-15/h3,6-11,16,19H,1-2,4-5H2. The Kier molecular flexibility index (Phi) is 4.89. The van der Waals surface area contributed by atoms with Gasteiger partial charge in [0, 0.05) is 19.2 Å². The highest BCUT2D eigenvalue weighted by Crippen LogP contribution is 2.40. The van der Waals surface area contributed by atoms with Crippen LogP contribution in [0.15, 0.2) is 35.7 Å². The van der Waals surface area contributed by atoms with Gasteiger partial charge in [-0.05, 0) is 71.0 Å². The minimum Gasteiger partial charge on any atom is -0.376 e. The van der Waals surface area contributed by atoms with Crippen LogP contribution in [0.1, 0.15) is 36.6 Å². The van der Waals surface area contributed by atoms with Crippen molar-refractivity contribution in [2.45, 2.75) is 31.7 Å². The van der Waals surface area contributed by atoms with Crippen molar-refractivity contribution in [3.8, 4) is 0 Å². The number of anilines is 1. The molecule has 106 valence electrons. The Morgan fingerprint density at radius 2 is 2.05 bits per heavy atom. The van der Waals surface area contributed by atoms with Crippen molar-refractivity contribution in [2.24, 2.45) is 5.92 Å². The molecular weight excluding hydrogens is 401 g/mol. The van der Waals surface area contributed by atoms with E-state index in [0.717, 1.165) is 10.9 Å². The average molecular weight is 418 g/mol. The average Bonchev–Trinajstić information content (AvgIpc) is 3.11. The molecule has 1 unspecified atom stereocenters. The largest absolute Gasteiger partial charge is 0.376 e. The van der Waals surface area contributed by atoms with Gasteiger partial charge in [0.05, 0.1) is 6.04 Å². The molecule has 2 aromatic rings. The maximum atomic E-state index is 6.05. The van der Waals surface area contributed by atoms with Crippen molar-refractivity contribution >= 4 is 51.2 Å². The zero-order valence-corrected chi connectivity index (χ0v) is 14.8. The number of nitrogens with one attached hydrogen (secondary N) is 1. The van der Waals surface area contributed by atoms with Crippen LogP contribution in [0.5, 0.6) is 0 Å². The van der Waals surface area contributed by atoms with Crippen LogP contribution in [0.2, 0.25) is 5.02 Å². The fraction of sp³-hybridized carbons (Fsp3) is 0.375. The van der Waals surface area contributed by atoms with Gasteiger partial charge in [-0.1, -0.05) is 30.5 Å². The molecule has 1 aromatic carbocycles. The van der Waals surface area contributed by atoms with Gasteiger partial charge in [0.2, 0.25) is 0 Å². The molecule has 0 bridgehead atoms. The first kappa shape index (κ1) is 14.7. The Balaban J connectivity index is 1.86. The van der Waals surface area contributed by atoms with E-state index in [9.17, 15) is 0 Å². The van der Waals surface area contributed by atoms with Crippen LogP contribution in [-0.2, 0) is 0 Å². The van der Waals surface area contributed by atoms with Crippen LogP contribution in [0.3, 0.4) is 0 Å². The third-order valence-electron chi connectivity index (χ3n) is 3.96. The molecule has 1 nitrogen and oxygen atoms in total. The lowest BCUT2D eigenvalue weighted by Gasteiger charge is -2.25. The third kappa shape index (κ3) is 3.31. The zero-order valence-electron chi connectivity index (χ0n) is 11.1. The second-order valence-corrected chi connectivity index (χ2v) is 7.88. The van der Waals surface area contributed by atoms with Crippen LogP contribution in [-0.4, -0.2) is 0 Å². The number of rotatable bonds is 4. The summed E-state index contributed by atoms with van der Waals surface area (Å²) < 4.78 is 1.19. The lowest BCUT2D eigenvalue weighted by molar-refractivity contribution is 0.475. The molecule has 0 amide bonds. The Bertz CT molecular complexity index is 564. The molecule has 1 saturated carbocycles. The van der Waals surface area contributed by atoms with Gasteiger partial charge in [0.1, 0.15) is 0 Å². The van der Waals surface area contributed by atoms with Gasteiger partial charge >= 0.3 is 0 Å². The van der Waals surface area contributed by atoms with Gasteiger partial charge in [0.25, 0.3) is 0 Å². The summed E-state index contributed by atoms with van der Waals surface area (Å²) >= 11 is 10.3. The summed E-state index contributed by atoms with van der Waals surface area (Å²) in [6.07, 6.45) is 5.40. The lowest BCUT2D eigenvalue weighted by Crippen LogP contribution is -2.18. The fourth-order valence-electron chi connectivity index (χ4n) is 2.95. The highest BCUT2D eigenvalue weighted by Gasteiger charge is 2.27. The van der Waals surface area contributed by atoms with E-state index in [1.807, 2.05) is 23.5 Å². The fourth-order valence-corrected chi connectivity index (χ4v) is 4.85. The smallest absolute Gasteiger partial charge is 0.0635 e. The molecule has 1 heterocycles. The van der Waals surface area contributed by atoms with Crippen LogP contribution in [0, 0.1) is 9.49 Å². The molecule has 1 fully saturated rings. The number of hydrogen-bond acceptors (Lipinski definition) is 2. The first-order chi connectivity index (χ1) is 9.74. The van der Waals surface area contributed by atoms with Crippen molar-refractivity contribution in [3.63, 3.8) is 0 Å². The monoisotopic (exact) mass is 417 g/mol. The lowest BCUT2D eigenvalue weighted by atomic mass is 9.96. The SMILES string of the molecule is Clc1ccc(NC(c2cccs2)C2CCCC2)c(I)c1. The zero-order chi connectivity index (χ0) is 13.9. The van der Waals surface area contributed by atoms with Crippen molar-refractivity contribution in [2.75, 3.05) is 5.32 Å². The van der Waals surface area contributed by atoms with E-state index in [2.05, 4.69) is 51.5 Å². The number of halogens is 2. The van der Waals surface area contributed by atoms with Crippen molar-refractivity contribution in [1.29, 1.82) is 0 Å². The highest BCUT2D eigenvalue weighted by atomic mass is 127. The molecule has 1 aromatic heterocycles. The second-order valence-electron chi connectivity index (χ2n) is 5.31. The van der Waals surface area contributed by atoms with E-state index in [1.54, 1.807) is 0 Å². The van der Waals surface area contributed by atoms with E-state index < -0.39 is 0 Å². The quantitative estimate of drug-likeness (QED) is 0.572. The summed E-state index contributed by atoms with van der Waals surface area (Å²) in [5.74, 6) is 0.750. The van der Waals surface area contributed by atoms with Gasteiger partial charge in [-0.25, -0.2) is 0 Å². The Morgan fingerprint density at radius 3 is 2.70 bits per heavy atom. The first-order valence-corrected chi connectivity index (χ1v) is 9.32. The van der Waals surface area contributed by atoms with Gasteiger partial charge in [-0.2, -0.15) is 0 Å². The molecular formula is C16H17ClINS. The van der Waals surface area contributed by atoms with E-state index in [4.69, 9.17) is 11.6 Å². The maximum Gasteiger partial charge on any atom is 0.0635 e. The Hall–Kier alpha value is -0.260. The van der Waals surface area contributed by atoms with E-state index in [0.29, 0.717) is 6.04 Å². The number of thiophene rings is 1. The number of hydrogen-bond donors (Lipinski definition) is 1. The molecule has 0 aliphatic heterocycles. The molecule has 0 saturated heterocycles. The van der Waals surface area contributed by atoms with Gasteiger partial charge in [-0.3, -0.25) is 0 Å². The van der Waals surface area contributed by atoms with Crippen molar-refractivity contribution < 1.29 is 0 Å². The maximum absolute atomic E-state index is 6.05. The number of benzene rings is 1. The molecule has 3 rings (SSSR count). The second kappa shape index (κ2) is 6.67. The van der Waals surface area contributed by atoms with Crippen LogP contribution < -0.4 is 5.32 Å². The van der Waals surface area contributed by atoms with E-state index in [1.165, 1.54) is 39.8 Å². The predicted octanol–water partition coefficient (Wildman–Crippen LogP) is 6.35. The molecule has 0 radical (unpaired) electrons. The first-order valence-electron chi connectivity index (χ1n) is 6.99. The topological polar surface area (TPSA) is 12.0 Å². The third-order valence-corrected chi connectivity index (χ3v) is 6.05. The minimum atomic E-state index is 0.437. The summed E-state index contributed by atoms with van der Waals surface area (Å²) in [6, 6.07) is 10.9. The molecule has 0 spiro atoms. The normalized spacial score (nSPS) is 17.3. The summed E-state index contributed by atoms with van der Waals surface area (Å²) in [5.41, 5.74) is 1.19. The summed E-state index contributed by atoms with van der Waals surface area (Å²) in [7, 11) is 0. The van der Waals surface area contributed by atoms with Gasteiger partial charge in [0.15, 0.2) is 0 Å². The van der Waals surface area contributed by atoms with Crippen LogP contribution >= 0.6 is 45.5 Å². The molecule has 20 heavy (non-hydrogen) atoms. The van der Waals surface area contributed by atoms with Gasteiger partial charge < -0.3 is 5.32 Å². The van der Waals surface area contributed by atoms with Crippen molar-refractivity contribution in [3.05, 3.63) is 49.2 Å².